The van der Waals surface area contributed by atoms with Gasteiger partial charge in [-0.25, -0.2) is 4.72 Å². The molecule has 0 bridgehead atoms. The second-order valence-electron chi connectivity index (χ2n) is 4.71. The van der Waals surface area contributed by atoms with Gasteiger partial charge in [-0.15, -0.1) is 0 Å². The van der Waals surface area contributed by atoms with E-state index < -0.39 is 10.2 Å². The first-order valence-corrected chi connectivity index (χ1v) is 8.03. The number of benzene rings is 1. The van der Waals surface area contributed by atoms with E-state index in [4.69, 9.17) is 0 Å². The van der Waals surface area contributed by atoms with Crippen LogP contribution in [0.5, 0.6) is 0 Å². The lowest BCUT2D eigenvalue weighted by Crippen LogP contribution is -2.43. The van der Waals surface area contributed by atoms with Crippen molar-refractivity contribution in [1.29, 1.82) is 0 Å². The predicted octanol–water partition coefficient (Wildman–Crippen LogP) is 0.489. The molecular weight excluding hydrogens is 262 g/mol. The van der Waals surface area contributed by atoms with E-state index in [1.165, 1.54) is 9.87 Å². The number of rotatable bonds is 6. The summed E-state index contributed by atoms with van der Waals surface area (Å²) in [4.78, 5) is 0. The van der Waals surface area contributed by atoms with Crippen LogP contribution < -0.4 is 10.0 Å². The van der Waals surface area contributed by atoms with Crippen LogP contribution in [0.3, 0.4) is 0 Å². The van der Waals surface area contributed by atoms with Crippen LogP contribution in [-0.4, -0.2) is 39.4 Å². The van der Waals surface area contributed by atoms with E-state index >= 15 is 0 Å². The van der Waals surface area contributed by atoms with Crippen LogP contribution in [0.2, 0.25) is 0 Å². The maximum absolute atomic E-state index is 12.2. The lowest BCUT2D eigenvalue weighted by atomic mass is 10.0. The van der Waals surface area contributed by atoms with Gasteiger partial charge < -0.3 is 5.32 Å². The molecular formula is C13H21N3O2S. The SMILES string of the molecule is CNCCCNS(=O)(=O)N1CCc2ccccc2C1. The molecule has 2 N–H and O–H groups in total. The Morgan fingerprint density at radius 1 is 1.21 bits per heavy atom. The van der Waals surface area contributed by atoms with Crippen LogP contribution >= 0.6 is 0 Å². The van der Waals surface area contributed by atoms with Crippen molar-refractivity contribution in [2.24, 2.45) is 0 Å². The number of fused-ring (bicyclic) bond motifs is 1. The van der Waals surface area contributed by atoms with Gasteiger partial charge in [-0.1, -0.05) is 24.3 Å². The predicted molar refractivity (Wildman–Crippen MR) is 76.0 cm³/mol. The number of nitrogens with one attached hydrogen (secondary N) is 2. The van der Waals surface area contributed by atoms with Crippen molar-refractivity contribution in [3.8, 4) is 0 Å². The van der Waals surface area contributed by atoms with Crippen molar-refractivity contribution in [2.75, 3.05) is 26.7 Å². The Hall–Kier alpha value is -0.950. The van der Waals surface area contributed by atoms with E-state index in [1.807, 2.05) is 25.2 Å². The molecule has 0 saturated heterocycles. The van der Waals surface area contributed by atoms with E-state index in [2.05, 4.69) is 16.1 Å². The fourth-order valence-electron chi connectivity index (χ4n) is 2.23. The van der Waals surface area contributed by atoms with Crippen LogP contribution in [0.25, 0.3) is 0 Å². The summed E-state index contributed by atoms with van der Waals surface area (Å²) in [5.74, 6) is 0. The standard InChI is InChI=1S/C13H21N3O2S/c1-14-8-4-9-15-19(17,18)16-10-7-12-5-2-3-6-13(12)11-16/h2-3,5-6,14-15H,4,7-11H2,1H3. The van der Waals surface area contributed by atoms with Crippen LogP contribution in [0.4, 0.5) is 0 Å². The number of nitrogens with zero attached hydrogens (tertiary/aromatic N) is 1. The first kappa shape index (κ1) is 14.5. The summed E-state index contributed by atoms with van der Waals surface area (Å²) in [5.41, 5.74) is 2.36. The topological polar surface area (TPSA) is 61.4 Å². The Bertz CT molecular complexity index is 516. The Balaban J connectivity index is 1.96. The highest BCUT2D eigenvalue weighted by atomic mass is 32.2. The minimum Gasteiger partial charge on any atom is -0.320 e. The monoisotopic (exact) mass is 283 g/mol. The average Bonchev–Trinajstić information content (AvgIpc) is 2.43. The molecule has 0 atom stereocenters. The van der Waals surface area contributed by atoms with Gasteiger partial charge in [0, 0.05) is 19.6 Å². The zero-order valence-corrected chi connectivity index (χ0v) is 12.0. The molecule has 0 spiro atoms. The van der Waals surface area contributed by atoms with Crippen LogP contribution in [0, 0.1) is 0 Å². The minimum atomic E-state index is -3.35. The third kappa shape index (κ3) is 3.76. The van der Waals surface area contributed by atoms with Crippen LogP contribution in [0.15, 0.2) is 24.3 Å². The van der Waals surface area contributed by atoms with Crippen LogP contribution in [0.1, 0.15) is 17.5 Å². The molecule has 1 aromatic rings. The van der Waals surface area contributed by atoms with Gasteiger partial charge in [0.05, 0.1) is 0 Å². The van der Waals surface area contributed by atoms with E-state index in [1.54, 1.807) is 0 Å². The summed E-state index contributed by atoms with van der Waals surface area (Å²) in [7, 11) is -1.49. The minimum absolute atomic E-state index is 0.470. The quantitative estimate of drug-likeness (QED) is 0.747. The van der Waals surface area contributed by atoms with Crippen molar-refractivity contribution < 1.29 is 8.42 Å². The zero-order valence-electron chi connectivity index (χ0n) is 11.2. The molecule has 0 aromatic heterocycles. The third-order valence-corrected chi connectivity index (χ3v) is 4.88. The largest absolute Gasteiger partial charge is 0.320 e. The summed E-state index contributed by atoms with van der Waals surface area (Å²) in [6.07, 6.45) is 1.58. The molecule has 1 aliphatic rings. The van der Waals surface area contributed by atoms with Crippen molar-refractivity contribution in [3.05, 3.63) is 35.4 Å². The fourth-order valence-corrected chi connectivity index (χ4v) is 3.46. The molecule has 6 heteroatoms. The summed E-state index contributed by atoms with van der Waals surface area (Å²) in [5, 5.41) is 3.00. The van der Waals surface area contributed by atoms with Gasteiger partial charge in [-0.2, -0.15) is 12.7 Å². The second kappa shape index (κ2) is 6.47. The van der Waals surface area contributed by atoms with Crippen molar-refractivity contribution >= 4 is 10.2 Å². The summed E-state index contributed by atoms with van der Waals surface area (Å²) < 4.78 is 28.5. The molecule has 106 valence electrons. The van der Waals surface area contributed by atoms with Crippen molar-refractivity contribution in [2.45, 2.75) is 19.4 Å². The molecule has 5 nitrogen and oxygen atoms in total. The molecule has 0 amide bonds. The van der Waals surface area contributed by atoms with E-state index in [9.17, 15) is 8.42 Å². The van der Waals surface area contributed by atoms with Gasteiger partial charge in [0.15, 0.2) is 0 Å². The lowest BCUT2D eigenvalue weighted by molar-refractivity contribution is 0.383. The smallest absolute Gasteiger partial charge is 0.279 e. The van der Waals surface area contributed by atoms with Gasteiger partial charge in [0.1, 0.15) is 0 Å². The Morgan fingerprint density at radius 3 is 2.68 bits per heavy atom. The first-order valence-electron chi connectivity index (χ1n) is 6.59. The molecule has 1 aliphatic heterocycles. The molecule has 1 aromatic carbocycles. The first-order chi connectivity index (χ1) is 9.13. The Morgan fingerprint density at radius 2 is 1.95 bits per heavy atom. The highest BCUT2D eigenvalue weighted by Crippen LogP contribution is 2.20. The average molecular weight is 283 g/mol. The molecule has 0 unspecified atom stereocenters. The van der Waals surface area contributed by atoms with Gasteiger partial charge >= 0.3 is 0 Å². The van der Waals surface area contributed by atoms with Gasteiger partial charge in [-0.3, -0.25) is 0 Å². The van der Waals surface area contributed by atoms with E-state index in [0.717, 1.165) is 24.9 Å². The Kier molecular flexibility index (Phi) is 4.93. The highest BCUT2D eigenvalue weighted by Gasteiger charge is 2.25. The Labute approximate surface area is 115 Å². The molecule has 0 saturated carbocycles. The molecule has 0 radical (unpaired) electrons. The summed E-state index contributed by atoms with van der Waals surface area (Å²) in [6, 6.07) is 8.02. The molecule has 2 rings (SSSR count). The number of hydrogen-bond acceptors (Lipinski definition) is 3. The fraction of sp³-hybridized carbons (Fsp3) is 0.538. The van der Waals surface area contributed by atoms with Crippen molar-refractivity contribution in [1.82, 2.24) is 14.3 Å². The molecule has 0 fully saturated rings. The molecule has 1 heterocycles. The van der Waals surface area contributed by atoms with Crippen molar-refractivity contribution in [3.63, 3.8) is 0 Å². The van der Waals surface area contributed by atoms with Gasteiger partial charge in [-0.05, 0) is 37.6 Å². The highest BCUT2D eigenvalue weighted by molar-refractivity contribution is 7.87. The van der Waals surface area contributed by atoms with E-state index in [-0.39, 0.29) is 0 Å². The van der Waals surface area contributed by atoms with E-state index in [0.29, 0.717) is 19.6 Å². The molecule has 0 aliphatic carbocycles. The second-order valence-corrected chi connectivity index (χ2v) is 6.46. The summed E-state index contributed by atoms with van der Waals surface area (Å²) >= 11 is 0. The normalized spacial score (nSPS) is 16.3. The van der Waals surface area contributed by atoms with Gasteiger partial charge in [0.2, 0.25) is 0 Å². The van der Waals surface area contributed by atoms with Gasteiger partial charge in [0.25, 0.3) is 10.2 Å². The lowest BCUT2D eigenvalue weighted by Gasteiger charge is -2.28. The molecule has 19 heavy (non-hydrogen) atoms. The maximum atomic E-state index is 12.2. The number of hydrogen-bond donors (Lipinski definition) is 2. The maximum Gasteiger partial charge on any atom is 0.279 e. The summed E-state index contributed by atoms with van der Waals surface area (Å²) in [6.45, 7) is 2.31. The van der Waals surface area contributed by atoms with Crippen LogP contribution in [-0.2, 0) is 23.2 Å². The third-order valence-electron chi connectivity index (χ3n) is 3.32. The zero-order chi connectivity index (χ0) is 13.7.